The van der Waals surface area contributed by atoms with E-state index in [0.29, 0.717) is 23.0 Å². The van der Waals surface area contributed by atoms with E-state index in [9.17, 15) is 14.4 Å². The van der Waals surface area contributed by atoms with Crippen LogP contribution in [-0.2, 0) is 11.3 Å². The summed E-state index contributed by atoms with van der Waals surface area (Å²) in [7, 11) is 1.38. The number of ether oxygens (including phenoxy) is 1. The smallest absolute Gasteiger partial charge is 0.330 e. The molecule has 0 aliphatic carbocycles. The fourth-order valence-electron chi connectivity index (χ4n) is 2.39. The van der Waals surface area contributed by atoms with E-state index in [1.54, 1.807) is 12.1 Å². The first-order chi connectivity index (χ1) is 12.8. The van der Waals surface area contributed by atoms with Gasteiger partial charge in [0.25, 0.3) is 11.5 Å². The van der Waals surface area contributed by atoms with E-state index in [1.165, 1.54) is 17.7 Å². The Hall–Kier alpha value is -2.45. The number of nitrogens with zero attached hydrogens (tertiary/aromatic N) is 2. The molecule has 10 heteroatoms. The Morgan fingerprint density at radius 3 is 2.70 bits per heavy atom. The second-order valence-electron chi connectivity index (χ2n) is 5.81. The van der Waals surface area contributed by atoms with Gasteiger partial charge in [0.1, 0.15) is 11.6 Å². The van der Waals surface area contributed by atoms with Gasteiger partial charge in [0.15, 0.2) is 12.3 Å². The summed E-state index contributed by atoms with van der Waals surface area (Å²) in [5, 5.41) is 0.694. The second-order valence-corrected chi connectivity index (χ2v) is 6.66. The fraction of sp³-hybridized carbons (Fsp3) is 0.353. The van der Waals surface area contributed by atoms with Gasteiger partial charge in [0.2, 0.25) is 0 Å². The maximum Gasteiger partial charge on any atom is 0.330 e. The van der Waals surface area contributed by atoms with Crippen LogP contribution in [0.5, 0.6) is 5.75 Å². The SMILES string of the molecule is CCCCn1c(N)c(N(C)C(=O)COc2cc(Cl)ccc2Cl)c(=O)[nH]c1=O. The van der Waals surface area contributed by atoms with Gasteiger partial charge in [-0.1, -0.05) is 36.5 Å². The number of nitrogens with one attached hydrogen (secondary N) is 1. The molecule has 0 aliphatic rings. The monoisotopic (exact) mass is 414 g/mol. The Bertz CT molecular complexity index is 955. The van der Waals surface area contributed by atoms with Crippen molar-refractivity contribution in [3.05, 3.63) is 49.1 Å². The van der Waals surface area contributed by atoms with Crippen LogP contribution in [0.1, 0.15) is 19.8 Å². The minimum atomic E-state index is -0.748. The summed E-state index contributed by atoms with van der Waals surface area (Å²) in [5.41, 5.74) is 4.51. The Morgan fingerprint density at radius 1 is 1.33 bits per heavy atom. The number of aromatic nitrogens is 2. The molecule has 0 saturated heterocycles. The first-order valence-corrected chi connectivity index (χ1v) is 8.98. The van der Waals surface area contributed by atoms with Crippen LogP contribution < -0.4 is 26.6 Å². The van der Waals surface area contributed by atoms with Gasteiger partial charge >= 0.3 is 5.69 Å². The molecule has 0 saturated carbocycles. The molecule has 1 amide bonds. The zero-order valence-electron chi connectivity index (χ0n) is 14.9. The lowest BCUT2D eigenvalue weighted by atomic mass is 10.3. The van der Waals surface area contributed by atoms with Crippen molar-refractivity contribution in [1.82, 2.24) is 9.55 Å². The number of nitrogens with two attached hydrogens (primary N) is 1. The van der Waals surface area contributed by atoms with Crippen molar-refractivity contribution in [1.29, 1.82) is 0 Å². The summed E-state index contributed by atoms with van der Waals surface area (Å²) < 4.78 is 6.63. The number of hydrogen-bond acceptors (Lipinski definition) is 5. The minimum Gasteiger partial charge on any atom is -0.482 e. The molecule has 0 aliphatic heterocycles. The number of H-pyrrole nitrogens is 1. The number of rotatable bonds is 7. The van der Waals surface area contributed by atoms with Crippen LogP contribution >= 0.6 is 23.2 Å². The summed E-state index contributed by atoms with van der Waals surface area (Å²) >= 11 is 11.9. The first-order valence-electron chi connectivity index (χ1n) is 8.23. The third kappa shape index (κ3) is 4.84. The lowest BCUT2D eigenvalue weighted by molar-refractivity contribution is -0.120. The molecule has 2 aromatic rings. The maximum atomic E-state index is 12.5. The van der Waals surface area contributed by atoms with E-state index in [1.807, 2.05) is 6.92 Å². The third-order valence-corrected chi connectivity index (χ3v) is 4.45. The summed E-state index contributed by atoms with van der Waals surface area (Å²) in [6.45, 7) is 1.90. The van der Waals surface area contributed by atoms with E-state index >= 15 is 0 Å². The highest BCUT2D eigenvalue weighted by Gasteiger charge is 2.21. The molecular formula is C17H20Cl2N4O4. The molecular weight excluding hydrogens is 395 g/mol. The molecule has 146 valence electrons. The quantitative estimate of drug-likeness (QED) is 0.721. The van der Waals surface area contributed by atoms with Crippen molar-refractivity contribution in [3.63, 3.8) is 0 Å². The number of benzene rings is 1. The summed E-state index contributed by atoms with van der Waals surface area (Å²) in [6, 6.07) is 4.60. The third-order valence-electron chi connectivity index (χ3n) is 3.90. The van der Waals surface area contributed by atoms with Crippen molar-refractivity contribution in [3.8, 4) is 5.75 Å². The molecule has 1 aromatic carbocycles. The van der Waals surface area contributed by atoms with Crippen LogP contribution in [-0.4, -0.2) is 29.1 Å². The number of likely N-dealkylation sites (N-methyl/N-ethyl adjacent to an activating group) is 1. The van der Waals surface area contributed by atoms with E-state index in [2.05, 4.69) is 4.98 Å². The number of halogens is 2. The Labute approximate surface area is 165 Å². The average molecular weight is 415 g/mol. The van der Waals surface area contributed by atoms with Crippen molar-refractivity contribution in [2.75, 3.05) is 24.3 Å². The van der Waals surface area contributed by atoms with Crippen LogP contribution in [0.25, 0.3) is 0 Å². The largest absolute Gasteiger partial charge is 0.482 e. The standard InChI is InChI=1S/C17H20Cl2N4O4/c1-3-4-7-23-15(20)14(16(25)21-17(23)26)22(2)13(24)9-27-12-8-10(18)5-6-11(12)19/h5-6,8H,3-4,7,9,20H2,1-2H3,(H,21,25,26). The van der Waals surface area contributed by atoms with Gasteiger partial charge in [-0.15, -0.1) is 0 Å². The predicted octanol–water partition coefficient (Wildman–Crippen LogP) is 2.27. The van der Waals surface area contributed by atoms with Crippen LogP contribution in [0.15, 0.2) is 27.8 Å². The van der Waals surface area contributed by atoms with E-state index in [0.717, 1.165) is 11.3 Å². The van der Waals surface area contributed by atoms with Crippen LogP contribution in [0.2, 0.25) is 10.0 Å². The molecule has 3 N–H and O–H groups in total. The Morgan fingerprint density at radius 2 is 2.04 bits per heavy atom. The van der Waals surface area contributed by atoms with Crippen molar-refractivity contribution >= 4 is 40.6 Å². The molecule has 0 fully saturated rings. The molecule has 0 atom stereocenters. The average Bonchev–Trinajstić information content (AvgIpc) is 2.61. The number of anilines is 2. The van der Waals surface area contributed by atoms with Crippen molar-refractivity contribution in [2.45, 2.75) is 26.3 Å². The predicted molar refractivity (Wildman–Crippen MR) is 106 cm³/mol. The lowest BCUT2D eigenvalue weighted by Crippen LogP contribution is -2.40. The van der Waals surface area contributed by atoms with E-state index in [4.69, 9.17) is 33.7 Å². The summed E-state index contributed by atoms with van der Waals surface area (Å²) in [5.74, 6) is -0.390. The van der Waals surface area contributed by atoms with Gasteiger partial charge in [-0.05, 0) is 18.6 Å². The Kier molecular flexibility index (Phi) is 6.92. The number of carbonyl (C=O) groups is 1. The zero-order chi connectivity index (χ0) is 20.1. The van der Waals surface area contributed by atoms with Gasteiger partial charge < -0.3 is 15.4 Å². The fourth-order valence-corrected chi connectivity index (χ4v) is 2.72. The summed E-state index contributed by atoms with van der Waals surface area (Å²) in [6.07, 6.45) is 1.53. The highest BCUT2D eigenvalue weighted by atomic mass is 35.5. The van der Waals surface area contributed by atoms with Crippen LogP contribution in [0.4, 0.5) is 11.5 Å². The highest BCUT2D eigenvalue weighted by Crippen LogP contribution is 2.27. The number of nitrogen functional groups attached to an aromatic ring is 1. The van der Waals surface area contributed by atoms with Crippen LogP contribution in [0.3, 0.4) is 0 Å². The molecule has 0 unspecified atom stereocenters. The molecule has 0 bridgehead atoms. The minimum absolute atomic E-state index is 0.0752. The number of amides is 1. The van der Waals surface area contributed by atoms with Gasteiger partial charge in [-0.2, -0.15) is 0 Å². The van der Waals surface area contributed by atoms with Crippen molar-refractivity contribution < 1.29 is 9.53 Å². The van der Waals surface area contributed by atoms with Gasteiger partial charge in [0, 0.05) is 24.7 Å². The van der Waals surface area contributed by atoms with Crippen molar-refractivity contribution in [2.24, 2.45) is 0 Å². The normalized spacial score (nSPS) is 10.7. The van der Waals surface area contributed by atoms with Gasteiger partial charge in [0.05, 0.1) is 5.02 Å². The molecule has 0 spiro atoms. The zero-order valence-corrected chi connectivity index (χ0v) is 16.4. The van der Waals surface area contributed by atoms with Gasteiger partial charge in [-0.3, -0.25) is 19.1 Å². The summed E-state index contributed by atoms with van der Waals surface area (Å²) in [4.78, 5) is 39.8. The maximum absolute atomic E-state index is 12.5. The molecule has 0 radical (unpaired) electrons. The molecule has 1 aromatic heterocycles. The molecule has 27 heavy (non-hydrogen) atoms. The number of hydrogen-bond donors (Lipinski definition) is 2. The van der Waals surface area contributed by atoms with Gasteiger partial charge in [-0.25, -0.2) is 4.79 Å². The molecule has 1 heterocycles. The lowest BCUT2D eigenvalue weighted by Gasteiger charge is -2.20. The highest BCUT2D eigenvalue weighted by molar-refractivity contribution is 6.34. The second kappa shape index (κ2) is 8.96. The molecule has 2 rings (SSSR count). The Balaban J connectivity index is 2.24. The number of aromatic amines is 1. The van der Waals surface area contributed by atoms with E-state index in [-0.39, 0.29) is 17.3 Å². The first kappa shape index (κ1) is 20.9. The number of carbonyl (C=O) groups excluding carboxylic acids is 1. The molecule has 8 nitrogen and oxygen atoms in total. The van der Waals surface area contributed by atoms with Crippen LogP contribution in [0, 0.1) is 0 Å². The number of unbranched alkanes of at least 4 members (excludes halogenated alkanes) is 1. The topological polar surface area (TPSA) is 110 Å². The van der Waals surface area contributed by atoms with E-state index < -0.39 is 23.8 Å².